The number of hydrogen-bond acceptors (Lipinski definition) is 3. The second-order valence-corrected chi connectivity index (χ2v) is 6.12. The molecule has 1 fully saturated rings. The highest BCUT2D eigenvalue weighted by molar-refractivity contribution is 5.73. The zero-order valence-corrected chi connectivity index (χ0v) is 11.8. The first kappa shape index (κ1) is 14.8. The Labute approximate surface area is 108 Å². The van der Waals surface area contributed by atoms with Crippen molar-refractivity contribution in [1.29, 1.82) is 0 Å². The summed E-state index contributed by atoms with van der Waals surface area (Å²) in [5.74, 6) is -1.18. The van der Waals surface area contributed by atoms with Crippen LogP contribution in [-0.2, 0) is 9.53 Å². The number of aliphatic carboxylic acids is 1. The Kier molecular flexibility index (Phi) is 4.24. The fourth-order valence-electron chi connectivity index (χ4n) is 2.17. The summed E-state index contributed by atoms with van der Waals surface area (Å²) in [5, 5.41) is 9.10. The van der Waals surface area contributed by atoms with Crippen LogP contribution in [0.25, 0.3) is 0 Å². The van der Waals surface area contributed by atoms with Gasteiger partial charge in [-0.15, -0.1) is 0 Å². The zero-order chi connectivity index (χ0) is 14.1. The summed E-state index contributed by atoms with van der Waals surface area (Å²) in [6, 6.07) is 0.00968. The summed E-state index contributed by atoms with van der Waals surface area (Å²) in [7, 11) is 0. The van der Waals surface area contributed by atoms with E-state index in [0.717, 1.165) is 0 Å². The highest BCUT2D eigenvalue weighted by Gasteiger charge is 2.38. The lowest BCUT2D eigenvalue weighted by molar-refractivity contribution is -0.144. The number of carbonyl (C=O) groups is 2. The van der Waals surface area contributed by atoms with Crippen LogP contribution in [0.15, 0.2) is 0 Å². The molecule has 0 aromatic carbocycles. The minimum absolute atomic E-state index is 0.00968. The summed E-state index contributed by atoms with van der Waals surface area (Å²) in [5.41, 5.74) is -0.559. The molecule has 1 rings (SSSR count). The third-order valence-corrected chi connectivity index (χ3v) is 3.37. The molecule has 1 aliphatic rings. The first-order chi connectivity index (χ1) is 8.11. The van der Waals surface area contributed by atoms with Crippen LogP contribution in [0.1, 0.15) is 41.0 Å². The fourth-order valence-corrected chi connectivity index (χ4v) is 2.17. The van der Waals surface area contributed by atoms with Gasteiger partial charge in [-0.1, -0.05) is 6.92 Å². The van der Waals surface area contributed by atoms with Crippen LogP contribution in [0, 0.1) is 11.8 Å². The highest BCUT2D eigenvalue weighted by Crippen LogP contribution is 2.28. The van der Waals surface area contributed by atoms with E-state index in [9.17, 15) is 9.59 Å². The Hall–Kier alpha value is -1.26. The normalized spacial score (nSPS) is 28.9. The molecular formula is C13H23NO4. The van der Waals surface area contributed by atoms with Gasteiger partial charge in [0.25, 0.3) is 0 Å². The van der Waals surface area contributed by atoms with Gasteiger partial charge in [0, 0.05) is 12.6 Å². The lowest BCUT2D eigenvalue weighted by Gasteiger charge is -2.41. The number of carboxylic acid groups (broad SMARTS) is 1. The van der Waals surface area contributed by atoms with Crippen LogP contribution in [0.4, 0.5) is 4.79 Å². The number of carbonyl (C=O) groups excluding carboxylic acids is 1. The molecule has 3 atom stereocenters. The molecule has 1 saturated heterocycles. The predicted molar refractivity (Wildman–Crippen MR) is 67.3 cm³/mol. The van der Waals surface area contributed by atoms with Crippen molar-refractivity contribution >= 4 is 12.1 Å². The van der Waals surface area contributed by atoms with E-state index in [-0.39, 0.29) is 18.5 Å². The minimum atomic E-state index is -0.845. The number of carboxylic acids is 1. The van der Waals surface area contributed by atoms with Crippen molar-refractivity contribution in [2.45, 2.75) is 52.7 Å². The van der Waals surface area contributed by atoms with Gasteiger partial charge in [0.15, 0.2) is 0 Å². The van der Waals surface area contributed by atoms with E-state index in [1.807, 2.05) is 13.8 Å². The van der Waals surface area contributed by atoms with E-state index in [4.69, 9.17) is 9.84 Å². The van der Waals surface area contributed by atoms with Crippen LogP contribution >= 0.6 is 0 Å². The van der Waals surface area contributed by atoms with E-state index >= 15 is 0 Å². The summed E-state index contributed by atoms with van der Waals surface area (Å²) >= 11 is 0. The number of piperidine rings is 1. The maximum atomic E-state index is 12.0. The molecule has 0 aliphatic carbocycles. The molecule has 104 valence electrons. The molecule has 5 heteroatoms. The number of hydrogen-bond donors (Lipinski definition) is 1. The predicted octanol–water partition coefficient (Wildman–Crippen LogP) is 2.35. The standard InChI is InChI=1S/C13H23NO4/c1-8-6-10(11(15)16)7-14(9(8)2)12(17)18-13(3,4)5/h8-10H,6-7H2,1-5H3,(H,15,16). The lowest BCUT2D eigenvalue weighted by atomic mass is 9.85. The van der Waals surface area contributed by atoms with Crippen molar-refractivity contribution in [3.8, 4) is 0 Å². The summed E-state index contributed by atoms with van der Waals surface area (Å²) in [6.07, 6.45) is 0.184. The van der Waals surface area contributed by atoms with Crippen LogP contribution in [0.2, 0.25) is 0 Å². The summed E-state index contributed by atoms with van der Waals surface area (Å²) in [4.78, 5) is 24.7. The maximum absolute atomic E-state index is 12.0. The van der Waals surface area contributed by atoms with Gasteiger partial charge in [0.1, 0.15) is 5.60 Å². The van der Waals surface area contributed by atoms with Gasteiger partial charge in [0.05, 0.1) is 5.92 Å². The van der Waals surface area contributed by atoms with Crippen molar-refractivity contribution in [1.82, 2.24) is 4.90 Å². The molecular weight excluding hydrogens is 234 g/mol. The van der Waals surface area contributed by atoms with Crippen molar-refractivity contribution in [3.05, 3.63) is 0 Å². The Bertz CT molecular complexity index is 334. The van der Waals surface area contributed by atoms with E-state index in [0.29, 0.717) is 6.42 Å². The van der Waals surface area contributed by atoms with Gasteiger partial charge in [0.2, 0.25) is 0 Å². The quantitative estimate of drug-likeness (QED) is 0.783. The Morgan fingerprint density at radius 2 is 1.83 bits per heavy atom. The highest BCUT2D eigenvalue weighted by atomic mass is 16.6. The van der Waals surface area contributed by atoms with Crippen LogP contribution in [0.5, 0.6) is 0 Å². The number of ether oxygens (including phenoxy) is 1. The van der Waals surface area contributed by atoms with Gasteiger partial charge in [-0.25, -0.2) is 4.79 Å². The maximum Gasteiger partial charge on any atom is 0.410 e. The number of nitrogens with zero attached hydrogens (tertiary/aromatic N) is 1. The van der Waals surface area contributed by atoms with Gasteiger partial charge >= 0.3 is 12.1 Å². The number of amides is 1. The number of rotatable bonds is 1. The van der Waals surface area contributed by atoms with Crippen LogP contribution in [-0.4, -0.2) is 40.3 Å². The van der Waals surface area contributed by atoms with Crippen molar-refractivity contribution < 1.29 is 19.4 Å². The van der Waals surface area contributed by atoms with Gasteiger partial charge < -0.3 is 14.7 Å². The molecule has 18 heavy (non-hydrogen) atoms. The van der Waals surface area contributed by atoms with Crippen molar-refractivity contribution in [2.75, 3.05) is 6.54 Å². The second kappa shape index (κ2) is 5.16. The monoisotopic (exact) mass is 257 g/mol. The molecule has 0 radical (unpaired) electrons. The Morgan fingerprint density at radius 3 is 2.28 bits per heavy atom. The number of likely N-dealkylation sites (tertiary alicyclic amines) is 1. The molecule has 5 nitrogen and oxygen atoms in total. The average Bonchev–Trinajstić information content (AvgIpc) is 2.18. The minimum Gasteiger partial charge on any atom is -0.481 e. The van der Waals surface area contributed by atoms with E-state index in [1.54, 1.807) is 20.8 Å². The van der Waals surface area contributed by atoms with Gasteiger partial charge in [-0.3, -0.25) is 4.79 Å². The van der Waals surface area contributed by atoms with Gasteiger partial charge in [-0.2, -0.15) is 0 Å². The smallest absolute Gasteiger partial charge is 0.410 e. The molecule has 0 aromatic heterocycles. The SMILES string of the molecule is CC1CC(C(=O)O)CN(C(=O)OC(C)(C)C)C1C. The fraction of sp³-hybridized carbons (Fsp3) is 0.846. The van der Waals surface area contributed by atoms with E-state index in [2.05, 4.69) is 0 Å². The zero-order valence-electron chi connectivity index (χ0n) is 11.8. The van der Waals surface area contributed by atoms with Crippen molar-refractivity contribution in [2.24, 2.45) is 11.8 Å². The summed E-state index contributed by atoms with van der Waals surface area (Å²) < 4.78 is 5.32. The third kappa shape index (κ3) is 3.62. The Morgan fingerprint density at radius 1 is 1.28 bits per heavy atom. The third-order valence-electron chi connectivity index (χ3n) is 3.37. The molecule has 0 aromatic rings. The largest absolute Gasteiger partial charge is 0.481 e. The first-order valence-corrected chi connectivity index (χ1v) is 6.34. The van der Waals surface area contributed by atoms with E-state index < -0.39 is 23.6 Å². The van der Waals surface area contributed by atoms with E-state index in [1.165, 1.54) is 4.90 Å². The first-order valence-electron chi connectivity index (χ1n) is 6.34. The topological polar surface area (TPSA) is 66.8 Å². The molecule has 0 saturated carbocycles. The molecule has 0 spiro atoms. The Balaban J connectivity index is 2.78. The van der Waals surface area contributed by atoms with Gasteiger partial charge in [-0.05, 0) is 40.0 Å². The molecule has 1 aliphatic heterocycles. The van der Waals surface area contributed by atoms with Crippen LogP contribution in [0.3, 0.4) is 0 Å². The summed E-state index contributed by atoms with van der Waals surface area (Å²) in [6.45, 7) is 9.55. The average molecular weight is 257 g/mol. The molecule has 1 heterocycles. The van der Waals surface area contributed by atoms with Crippen molar-refractivity contribution in [3.63, 3.8) is 0 Å². The molecule has 1 amide bonds. The molecule has 1 N–H and O–H groups in total. The second-order valence-electron chi connectivity index (χ2n) is 6.12. The van der Waals surface area contributed by atoms with Crippen LogP contribution < -0.4 is 0 Å². The lowest BCUT2D eigenvalue weighted by Crippen LogP contribution is -2.52. The molecule has 0 bridgehead atoms. The molecule has 3 unspecified atom stereocenters.